The number of rotatable bonds is 5. The third-order valence-electron chi connectivity index (χ3n) is 4.94. The molecule has 4 nitrogen and oxygen atoms in total. The first kappa shape index (κ1) is 14.5. The largest absolute Gasteiger partial charge is 0.377 e. The molecule has 2 fully saturated rings. The third kappa shape index (κ3) is 1.84. The second kappa shape index (κ2) is 4.91. The van der Waals surface area contributed by atoms with E-state index in [2.05, 4.69) is 27.4 Å². The van der Waals surface area contributed by atoms with E-state index in [0.717, 1.165) is 26.0 Å². The van der Waals surface area contributed by atoms with Gasteiger partial charge < -0.3 is 15.4 Å². The quantitative estimate of drug-likeness (QED) is 0.768. The van der Waals surface area contributed by atoms with Crippen LogP contribution in [0.5, 0.6) is 0 Å². The standard InChI is InChI=1S/C15H26N2O2/c1-5-8-17(9-6-2)13(18)15(16)11-7-10-19-12(11)14(15,3)4/h5,11-12H,1,6-10,16H2,2-4H3. The summed E-state index contributed by atoms with van der Waals surface area (Å²) >= 11 is 0. The molecule has 3 unspecified atom stereocenters. The maximum Gasteiger partial charge on any atom is 0.243 e. The topological polar surface area (TPSA) is 55.6 Å². The first-order valence-corrected chi connectivity index (χ1v) is 7.22. The van der Waals surface area contributed by atoms with Crippen LogP contribution in [0.25, 0.3) is 0 Å². The lowest BCUT2D eigenvalue weighted by atomic mass is 9.47. The van der Waals surface area contributed by atoms with Crippen molar-refractivity contribution in [3.8, 4) is 0 Å². The van der Waals surface area contributed by atoms with Gasteiger partial charge in [0.05, 0.1) is 6.10 Å². The fourth-order valence-electron chi connectivity index (χ4n) is 3.78. The van der Waals surface area contributed by atoms with Gasteiger partial charge in [-0.2, -0.15) is 0 Å². The lowest BCUT2D eigenvalue weighted by Gasteiger charge is -2.61. The molecule has 2 rings (SSSR count). The van der Waals surface area contributed by atoms with E-state index in [1.807, 2.05) is 4.90 Å². The van der Waals surface area contributed by atoms with E-state index in [9.17, 15) is 4.79 Å². The average Bonchev–Trinajstić information content (AvgIpc) is 2.84. The fraction of sp³-hybridized carbons (Fsp3) is 0.800. The van der Waals surface area contributed by atoms with E-state index >= 15 is 0 Å². The zero-order valence-corrected chi connectivity index (χ0v) is 12.3. The molecule has 3 atom stereocenters. The molecule has 108 valence electrons. The summed E-state index contributed by atoms with van der Waals surface area (Å²) in [5, 5.41) is 0. The van der Waals surface area contributed by atoms with Crippen molar-refractivity contribution in [2.24, 2.45) is 17.1 Å². The van der Waals surface area contributed by atoms with Crippen molar-refractivity contribution in [1.82, 2.24) is 4.90 Å². The highest BCUT2D eigenvalue weighted by molar-refractivity contribution is 5.89. The van der Waals surface area contributed by atoms with Gasteiger partial charge in [-0.3, -0.25) is 4.79 Å². The van der Waals surface area contributed by atoms with Gasteiger partial charge in [0.1, 0.15) is 5.54 Å². The number of carbonyl (C=O) groups excluding carboxylic acids is 1. The Morgan fingerprint density at radius 3 is 2.84 bits per heavy atom. The summed E-state index contributed by atoms with van der Waals surface area (Å²) in [5.41, 5.74) is 5.49. The number of hydrogen-bond donors (Lipinski definition) is 1. The van der Waals surface area contributed by atoms with Crippen molar-refractivity contribution in [3.63, 3.8) is 0 Å². The van der Waals surface area contributed by atoms with Gasteiger partial charge in [-0.05, 0) is 12.8 Å². The Morgan fingerprint density at radius 2 is 2.26 bits per heavy atom. The van der Waals surface area contributed by atoms with Crippen LogP contribution in [0.3, 0.4) is 0 Å². The molecule has 1 aliphatic heterocycles. The molecule has 4 heteroatoms. The van der Waals surface area contributed by atoms with E-state index in [1.165, 1.54) is 0 Å². The SMILES string of the molecule is C=CCN(CCC)C(=O)C1(N)C2CCOC2C1(C)C. The summed E-state index contributed by atoms with van der Waals surface area (Å²) in [6.07, 6.45) is 3.73. The van der Waals surface area contributed by atoms with Crippen LogP contribution in [0.2, 0.25) is 0 Å². The molecular formula is C15H26N2O2. The van der Waals surface area contributed by atoms with Crippen molar-refractivity contribution in [3.05, 3.63) is 12.7 Å². The molecular weight excluding hydrogens is 240 g/mol. The van der Waals surface area contributed by atoms with Crippen LogP contribution in [-0.2, 0) is 9.53 Å². The van der Waals surface area contributed by atoms with Crippen LogP contribution >= 0.6 is 0 Å². The number of fused-ring (bicyclic) bond motifs is 1. The third-order valence-corrected chi connectivity index (χ3v) is 4.94. The first-order valence-electron chi connectivity index (χ1n) is 7.22. The van der Waals surface area contributed by atoms with E-state index in [1.54, 1.807) is 6.08 Å². The summed E-state index contributed by atoms with van der Waals surface area (Å²) in [7, 11) is 0. The smallest absolute Gasteiger partial charge is 0.243 e. The Morgan fingerprint density at radius 1 is 1.58 bits per heavy atom. The zero-order chi connectivity index (χ0) is 14.3. The van der Waals surface area contributed by atoms with Gasteiger partial charge in [0.25, 0.3) is 0 Å². The molecule has 19 heavy (non-hydrogen) atoms. The summed E-state index contributed by atoms with van der Waals surface area (Å²) in [6, 6.07) is 0. The molecule has 0 aromatic rings. The molecule has 2 aliphatic rings. The average molecular weight is 266 g/mol. The zero-order valence-electron chi connectivity index (χ0n) is 12.3. The molecule has 2 N–H and O–H groups in total. The molecule has 1 heterocycles. The highest BCUT2D eigenvalue weighted by atomic mass is 16.5. The number of amides is 1. The molecule has 0 aromatic carbocycles. The monoisotopic (exact) mass is 266 g/mol. The molecule has 0 aromatic heterocycles. The lowest BCUT2D eigenvalue weighted by Crippen LogP contribution is -2.80. The second-order valence-corrected chi connectivity index (χ2v) is 6.32. The predicted octanol–water partition coefficient (Wildman–Crippen LogP) is 1.55. The van der Waals surface area contributed by atoms with E-state index in [4.69, 9.17) is 10.5 Å². The van der Waals surface area contributed by atoms with Crippen molar-refractivity contribution in [2.45, 2.75) is 45.3 Å². The Hall–Kier alpha value is -0.870. The molecule has 0 radical (unpaired) electrons. The van der Waals surface area contributed by atoms with E-state index in [0.29, 0.717) is 6.54 Å². The van der Waals surface area contributed by atoms with E-state index in [-0.39, 0.29) is 23.3 Å². The lowest BCUT2D eigenvalue weighted by molar-refractivity contribution is -0.184. The van der Waals surface area contributed by atoms with Gasteiger partial charge >= 0.3 is 0 Å². The summed E-state index contributed by atoms with van der Waals surface area (Å²) in [6.45, 7) is 11.9. The Labute approximate surface area is 116 Å². The molecule has 1 amide bonds. The van der Waals surface area contributed by atoms with E-state index < -0.39 is 5.54 Å². The number of ether oxygens (including phenoxy) is 1. The van der Waals surface area contributed by atoms with Crippen LogP contribution in [-0.4, -0.2) is 42.1 Å². The predicted molar refractivity (Wildman–Crippen MR) is 75.6 cm³/mol. The highest BCUT2D eigenvalue weighted by Gasteiger charge is 2.71. The van der Waals surface area contributed by atoms with Gasteiger partial charge in [-0.25, -0.2) is 0 Å². The maximum absolute atomic E-state index is 12.9. The van der Waals surface area contributed by atoms with Crippen LogP contribution in [0.1, 0.15) is 33.6 Å². The fourth-order valence-corrected chi connectivity index (χ4v) is 3.78. The van der Waals surface area contributed by atoms with Crippen molar-refractivity contribution >= 4 is 5.91 Å². The maximum atomic E-state index is 12.9. The van der Waals surface area contributed by atoms with Crippen LogP contribution in [0.4, 0.5) is 0 Å². The Kier molecular flexibility index (Phi) is 3.76. The van der Waals surface area contributed by atoms with Crippen molar-refractivity contribution in [2.75, 3.05) is 19.7 Å². The minimum Gasteiger partial charge on any atom is -0.377 e. The van der Waals surface area contributed by atoms with Gasteiger partial charge in [0.2, 0.25) is 5.91 Å². The minimum absolute atomic E-state index is 0.0611. The first-order chi connectivity index (χ1) is 8.91. The normalized spacial score (nSPS) is 35.4. The summed E-state index contributed by atoms with van der Waals surface area (Å²) in [4.78, 5) is 14.7. The van der Waals surface area contributed by atoms with Crippen molar-refractivity contribution in [1.29, 1.82) is 0 Å². The number of hydrogen-bond acceptors (Lipinski definition) is 3. The highest BCUT2D eigenvalue weighted by Crippen LogP contribution is 2.58. The van der Waals surface area contributed by atoms with Crippen molar-refractivity contribution < 1.29 is 9.53 Å². The molecule has 0 spiro atoms. The Balaban J connectivity index is 2.23. The van der Waals surface area contributed by atoms with Gasteiger partial charge in [-0.1, -0.05) is 26.8 Å². The number of nitrogens with two attached hydrogens (primary N) is 1. The molecule has 1 aliphatic carbocycles. The van der Waals surface area contributed by atoms with Crippen LogP contribution in [0, 0.1) is 11.3 Å². The number of nitrogens with zero attached hydrogens (tertiary/aromatic N) is 1. The minimum atomic E-state index is -0.785. The van der Waals surface area contributed by atoms with Crippen LogP contribution in [0.15, 0.2) is 12.7 Å². The Bertz CT molecular complexity index is 380. The van der Waals surface area contributed by atoms with Gasteiger partial charge in [0.15, 0.2) is 0 Å². The molecule has 1 saturated heterocycles. The molecule has 1 saturated carbocycles. The number of carbonyl (C=O) groups is 1. The molecule has 0 bridgehead atoms. The second-order valence-electron chi connectivity index (χ2n) is 6.32. The van der Waals surface area contributed by atoms with Gasteiger partial charge in [0, 0.05) is 31.0 Å². The summed E-state index contributed by atoms with van der Waals surface area (Å²) in [5.74, 6) is 0.227. The van der Waals surface area contributed by atoms with Crippen LogP contribution < -0.4 is 5.73 Å². The summed E-state index contributed by atoms with van der Waals surface area (Å²) < 4.78 is 5.74. The van der Waals surface area contributed by atoms with Gasteiger partial charge in [-0.15, -0.1) is 6.58 Å².